The van der Waals surface area contributed by atoms with E-state index in [1.807, 2.05) is 31.2 Å². The molecule has 0 amide bonds. The molecule has 4 nitrogen and oxygen atoms in total. The van der Waals surface area contributed by atoms with Gasteiger partial charge in [-0.1, -0.05) is 40.2 Å². The number of hydrogen-bond acceptors (Lipinski definition) is 3. The Kier molecular flexibility index (Phi) is 5.03. The number of nitrogens with two attached hydrogens (primary N) is 1. The molecule has 3 N–H and O–H groups in total. The number of hydrogen-bond donors (Lipinski definition) is 2. The first kappa shape index (κ1) is 16.0. The summed E-state index contributed by atoms with van der Waals surface area (Å²) in [5.41, 5.74) is 7.82. The van der Waals surface area contributed by atoms with Crippen LogP contribution in [0.15, 0.2) is 53.0 Å². The van der Waals surface area contributed by atoms with Gasteiger partial charge in [-0.15, -0.1) is 0 Å². The Bertz CT molecular complexity index is 715. The first-order valence-corrected chi connectivity index (χ1v) is 8.90. The minimum Gasteiger partial charge on any atom is -0.399 e. The van der Waals surface area contributed by atoms with Gasteiger partial charge in [-0.3, -0.25) is 0 Å². The summed E-state index contributed by atoms with van der Waals surface area (Å²) in [5, 5.41) is 0. The van der Waals surface area contributed by atoms with Crippen molar-refractivity contribution < 1.29 is 8.42 Å². The third kappa shape index (κ3) is 4.84. The Morgan fingerprint density at radius 3 is 2.48 bits per heavy atom. The highest BCUT2D eigenvalue weighted by Crippen LogP contribution is 2.19. The smallest absolute Gasteiger partial charge is 0.216 e. The highest BCUT2D eigenvalue weighted by molar-refractivity contribution is 9.10. The second-order valence-electron chi connectivity index (χ2n) is 4.90. The highest BCUT2D eigenvalue weighted by Gasteiger charge is 2.16. The molecule has 0 aliphatic carbocycles. The monoisotopic (exact) mass is 368 g/mol. The summed E-state index contributed by atoms with van der Waals surface area (Å²) >= 11 is 3.38. The highest BCUT2D eigenvalue weighted by atomic mass is 79.9. The van der Waals surface area contributed by atoms with Crippen molar-refractivity contribution in [3.8, 4) is 0 Å². The van der Waals surface area contributed by atoms with Crippen molar-refractivity contribution in [1.82, 2.24) is 4.72 Å². The number of halogens is 1. The molecule has 0 spiro atoms. The predicted molar refractivity (Wildman–Crippen MR) is 89.2 cm³/mol. The summed E-state index contributed by atoms with van der Waals surface area (Å²) < 4.78 is 28.0. The van der Waals surface area contributed by atoms with E-state index in [-0.39, 0.29) is 11.8 Å². The van der Waals surface area contributed by atoms with Crippen LogP contribution in [-0.4, -0.2) is 8.42 Å². The van der Waals surface area contributed by atoms with Crippen molar-refractivity contribution in [2.45, 2.75) is 18.7 Å². The number of sulfonamides is 1. The zero-order valence-corrected chi connectivity index (χ0v) is 14.0. The van der Waals surface area contributed by atoms with Gasteiger partial charge in [-0.05, 0) is 42.3 Å². The van der Waals surface area contributed by atoms with Crippen molar-refractivity contribution in [2.24, 2.45) is 0 Å². The molecule has 2 aromatic carbocycles. The maximum absolute atomic E-state index is 12.2. The topological polar surface area (TPSA) is 72.2 Å². The van der Waals surface area contributed by atoms with Gasteiger partial charge in [0.1, 0.15) is 0 Å². The number of anilines is 1. The lowest BCUT2D eigenvalue weighted by atomic mass is 10.1. The van der Waals surface area contributed by atoms with Crippen molar-refractivity contribution in [3.63, 3.8) is 0 Å². The molecule has 0 aliphatic heterocycles. The molecule has 0 aromatic heterocycles. The van der Waals surface area contributed by atoms with Crippen LogP contribution in [0.25, 0.3) is 0 Å². The van der Waals surface area contributed by atoms with Crippen molar-refractivity contribution in [2.75, 3.05) is 5.73 Å². The lowest BCUT2D eigenvalue weighted by Crippen LogP contribution is -2.28. The van der Waals surface area contributed by atoms with E-state index < -0.39 is 10.0 Å². The van der Waals surface area contributed by atoms with E-state index >= 15 is 0 Å². The van der Waals surface area contributed by atoms with Crippen LogP contribution >= 0.6 is 15.9 Å². The molecule has 1 atom stereocenters. The van der Waals surface area contributed by atoms with Crippen LogP contribution in [0.1, 0.15) is 24.1 Å². The van der Waals surface area contributed by atoms with Gasteiger partial charge in [0.25, 0.3) is 0 Å². The first-order valence-electron chi connectivity index (χ1n) is 6.45. The molecule has 2 aromatic rings. The Morgan fingerprint density at radius 1 is 1.19 bits per heavy atom. The lowest BCUT2D eigenvalue weighted by Gasteiger charge is -2.15. The molecule has 21 heavy (non-hydrogen) atoms. The van der Waals surface area contributed by atoms with Crippen LogP contribution in [-0.2, 0) is 15.8 Å². The van der Waals surface area contributed by atoms with Gasteiger partial charge >= 0.3 is 0 Å². The Hall–Kier alpha value is -1.37. The van der Waals surface area contributed by atoms with Gasteiger partial charge in [0.05, 0.1) is 5.75 Å². The minimum absolute atomic E-state index is 0.0639. The normalized spacial score (nSPS) is 13.0. The Balaban J connectivity index is 2.08. The zero-order chi connectivity index (χ0) is 15.5. The maximum Gasteiger partial charge on any atom is 0.216 e. The van der Waals surface area contributed by atoms with E-state index in [1.165, 1.54) is 0 Å². The molecular weight excluding hydrogens is 352 g/mol. The van der Waals surface area contributed by atoms with Crippen LogP contribution in [0.4, 0.5) is 5.69 Å². The third-order valence-electron chi connectivity index (χ3n) is 3.04. The summed E-state index contributed by atoms with van der Waals surface area (Å²) in [7, 11) is -3.41. The van der Waals surface area contributed by atoms with Crippen LogP contribution in [0.5, 0.6) is 0 Å². The van der Waals surface area contributed by atoms with Gasteiger partial charge in [-0.25, -0.2) is 13.1 Å². The summed E-state index contributed by atoms with van der Waals surface area (Å²) in [5.74, 6) is -0.0639. The standard InChI is InChI=1S/C15H17BrN2O2S/c1-11(13-3-2-4-14(16)9-13)18-21(19,20)10-12-5-7-15(17)8-6-12/h2-9,11,18H,10,17H2,1H3. The van der Waals surface area contributed by atoms with Gasteiger partial charge in [0.2, 0.25) is 10.0 Å². The summed E-state index contributed by atoms with van der Waals surface area (Å²) in [6.45, 7) is 1.82. The molecule has 2 rings (SSSR count). The van der Waals surface area contributed by atoms with E-state index in [9.17, 15) is 8.42 Å². The molecule has 0 bridgehead atoms. The average molecular weight is 369 g/mol. The quantitative estimate of drug-likeness (QED) is 0.795. The van der Waals surface area contributed by atoms with E-state index in [0.717, 1.165) is 10.0 Å². The SMILES string of the molecule is CC(NS(=O)(=O)Cc1ccc(N)cc1)c1cccc(Br)c1. The fourth-order valence-corrected chi connectivity index (χ4v) is 3.79. The lowest BCUT2D eigenvalue weighted by molar-refractivity contribution is 0.566. The number of nitrogens with one attached hydrogen (secondary N) is 1. The van der Waals surface area contributed by atoms with Crippen LogP contribution in [0.2, 0.25) is 0 Å². The molecule has 1 unspecified atom stereocenters. The van der Waals surface area contributed by atoms with E-state index in [4.69, 9.17) is 5.73 Å². The molecule has 0 aliphatic rings. The zero-order valence-electron chi connectivity index (χ0n) is 11.6. The van der Waals surface area contributed by atoms with Crippen LogP contribution in [0, 0.1) is 0 Å². The van der Waals surface area contributed by atoms with Crippen LogP contribution < -0.4 is 10.5 Å². The third-order valence-corrected chi connectivity index (χ3v) is 4.96. The van der Waals surface area contributed by atoms with Crippen molar-refractivity contribution >= 4 is 31.6 Å². The Labute approximate surface area is 133 Å². The fourth-order valence-electron chi connectivity index (χ4n) is 1.99. The van der Waals surface area contributed by atoms with E-state index in [0.29, 0.717) is 11.3 Å². The first-order chi connectivity index (χ1) is 9.85. The maximum atomic E-state index is 12.2. The molecular formula is C15H17BrN2O2S. The summed E-state index contributed by atoms with van der Waals surface area (Å²) in [4.78, 5) is 0. The predicted octanol–water partition coefficient (Wildman–Crippen LogP) is 3.21. The number of benzene rings is 2. The molecule has 6 heteroatoms. The van der Waals surface area contributed by atoms with Crippen molar-refractivity contribution in [1.29, 1.82) is 0 Å². The fraction of sp³-hybridized carbons (Fsp3) is 0.200. The molecule has 0 fully saturated rings. The molecule has 0 heterocycles. The van der Waals surface area contributed by atoms with E-state index in [1.54, 1.807) is 24.3 Å². The van der Waals surface area contributed by atoms with Crippen LogP contribution in [0.3, 0.4) is 0 Å². The van der Waals surface area contributed by atoms with Gasteiger partial charge < -0.3 is 5.73 Å². The average Bonchev–Trinajstić information content (AvgIpc) is 2.40. The molecule has 112 valence electrons. The summed E-state index contributed by atoms with van der Waals surface area (Å²) in [6.07, 6.45) is 0. The molecule has 0 saturated heterocycles. The number of rotatable bonds is 5. The second kappa shape index (κ2) is 6.60. The second-order valence-corrected chi connectivity index (χ2v) is 7.56. The van der Waals surface area contributed by atoms with Crippen molar-refractivity contribution in [3.05, 3.63) is 64.1 Å². The van der Waals surface area contributed by atoms with Gasteiger partial charge in [-0.2, -0.15) is 0 Å². The number of nitrogen functional groups attached to an aromatic ring is 1. The van der Waals surface area contributed by atoms with E-state index in [2.05, 4.69) is 20.7 Å². The summed E-state index contributed by atoms with van der Waals surface area (Å²) in [6, 6.07) is 14.1. The Morgan fingerprint density at radius 2 is 1.86 bits per heavy atom. The molecule has 0 radical (unpaired) electrons. The minimum atomic E-state index is -3.41. The van der Waals surface area contributed by atoms with Gasteiger partial charge in [0, 0.05) is 16.2 Å². The largest absolute Gasteiger partial charge is 0.399 e. The van der Waals surface area contributed by atoms with Gasteiger partial charge in [0.15, 0.2) is 0 Å². The molecule has 0 saturated carbocycles.